The Bertz CT molecular complexity index is 1260. The molecule has 1 aliphatic rings. The van der Waals surface area contributed by atoms with Gasteiger partial charge in [-0.1, -0.05) is 67.0 Å². The normalized spacial score (nSPS) is 14.6. The Morgan fingerprint density at radius 3 is 2.37 bits per heavy atom. The molecular weight excluding hydrogens is 543 g/mol. The van der Waals surface area contributed by atoms with Crippen LogP contribution in [0, 0.1) is 5.92 Å². The molecule has 8 nitrogen and oxygen atoms in total. The third-order valence-corrected chi connectivity index (χ3v) is 8.05. The number of hydrogen-bond acceptors (Lipinski definition) is 6. The summed E-state index contributed by atoms with van der Waals surface area (Å²) in [6, 6.07) is 14.7. The van der Waals surface area contributed by atoms with Gasteiger partial charge in [0.05, 0.1) is 22.4 Å². The number of carbonyl (C=O) groups is 2. The van der Waals surface area contributed by atoms with E-state index in [-0.39, 0.29) is 28.5 Å². The highest BCUT2D eigenvalue weighted by atomic mass is 35.5. The van der Waals surface area contributed by atoms with Crippen LogP contribution in [0.3, 0.4) is 0 Å². The number of anilines is 1. The van der Waals surface area contributed by atoms with Crippen molar-refractivity contribution in [2.75, 3.05) is 36.8 Å². The van der Waals surface area contributed by atoms with E-state index in [4.69, 9.17) is 23.2 Å². The predicted octanol–water partition coefficient (Wildman–Crippen LogP) is 5.17. The zero-order chi connectivity index (χ0) is 27.2. The van der Waals surface area contributed by atoms with Gasteiger partial charge in [-0.05, 0) is 43.2 Å². The second-order valence-corrected chi connectivity index (χ2v) is 11.2. The van der Waals surface area contributed by atoms with Gasteiger partial charge in [0.2, 0.25) is 5.91 Å². The number of thioether (sulfide) groups is 1. The largest absolute Gasteiger partial charge is 0.368 e. The Labute approximate surface area is 237 Å². The van der Waals surface area contributed by atoms with Crippen LogP contribution in [0.2, 0.25) is 10.0 Å². The van der Waals surface area contributed by atoms with Gasteiger partial charge in [0, 0.05) is 43.4 Å². The second kappa shape index (κ2) is 12.9. The fourth-order valence-corrected chi connectivity index (χ4v) is 5.83. The number of carbonyl (C=O) groups excluding carboxylic acids is 2. The Kier molecular flexibility index (Phi) is 9.57. The van der Waals surface area contributed by atoms with E-state index < -0.39 is 6.04 Å². The Morgan fingerprint density at radius 1 is 1.03 bits per heavy atom. The van der Waals surface area contributed by atoms with Crippen LogP contribution in [-0.4, -0.2) is 63.4 Å². The van der Waals surface area contributed by atoms with E-state index in [1.807, 2.05) is 48.4 Å². The minimum absolute atomic E-state index is 0.0416. The fourth-order valence-electron chi connectivity index (χ4n) is 4.43. The molecule has 4 rings (SSSR count). The zero-order valence-corrected chi connectivity index (χ0v) is 24.1. The van der Waals surface area contributed by atoms with Crippen LogP contribution in [-0.2, 0) is 11.3 Å². The monoisotopic (exact) mass is 574 g/mol. The van der Waals surface area contributed by atoms with Crippen molar-refractivity contribution in [3.05, 3.63) is 70.0 Å². The maximum atomic E-state index is 13.0. The molecule has 1 fully saturated rings. The van der Waals surface area contributed by atoms with Gasteiger partial charge in [0.25, 0.3) is 5.91 Å². The van der Waals surface area contributed by atoms with Crippen LogP contribution >= 0.6 is 35.0 Å². The number of piperazine rings is 1. The molecular formula is C27H32Cl2N6O2S. The number of amides is 2. The van der Waals surface area contributed by atoms with Crippen molar-refractivity contribution >= 4 is 52.5 Å². The molecule has 0 unspecified atom stereocenters. The Balaban J connectivity index is 1.39. The summed E-state index contributed by atoms with van der Waals surface area (Å²) in [6.45, 7) is 9.62. The van der Waals surface area contributed by atoms with Gasteiger partial charge in [-0.2, -0.15) is 0 Å². The van der Waals surface area contributed by atoms with E-state index in [1.54, 1.807) is 18.2 Å². The number of nitrogens with one attached hydrogen (secondary N) is 1. The van der Waals surface area contributed by atoms with Gasteiger partial charge in [-0.3, -0.25) is 9.59 Å². The van der Waals surface area contributed by atoms with Crippen molar-refractivity contribution in [2.45, 2.75) is 38.5 Å². The van der Waals surface area contributed by atoms with E-state index in [0.717, 1.165) is 13.1 Å². The van der Waals surface area contributed by atoms with Gasteiger partial charge in [-0.15, -0.1) is 10.2 Å². The van der Waals surface area contributed by atoms with Gasteiger partial charge < -0.3 is 19.7 Å². The number of nitrogens with zero attached hydrogens (tertiary/aromatic N) is 5. The molecule has 1 saturated heterocycles. The third kappa shape index (κ3) is 6.62. The quantitative estimate of drug-likeness (QED) is 0.355. The Hall–Kier alpha value is -2.75. The summed E-state index contributed by atoms with van der Waals surface area (Å²) in [5, 5.41) is 13.2. The molecule has 3 aromatic rings. The van der Waals surface area contributed by atoms with Crippen molar-refractivity contribution in [2.24, 2.45) is 5.92 Å². The third-order valence-electron chi connectivity index (χ3n) is 6.55. The van der Waals surface area contributed by atoms with Gasteiger partial charge >= 0.3 is 0 Å². The molecule has 1 aliphatic heterocycles. The molecule has 1 atom stereocenters. The molecule has 0 saturated carbocycles. The molecule has 2 aromatic carbocycles. The molecule has 38 heavy (non-hydrogen) atoms. The highest BCUT2D eigenvalue weighted by molar-refractivity contribution is 7.99. The summed E-state index contributed by atoms with van der Waals surface area (Å²) >= 11 is 13.6. The SMILES string of the molecule is CCn1c(SCC(=O)N2CCN(c3ccccc3)CC2)nnc1[C@H](NC(=O)c1ccc(Cl)cc1Cl)C(C)C. The summed E-state index contributed by atoms with van der Waals surface area (Å²) < 4.78 is 1.96. The average molecular weight is 576 g/mol. The molecule has 1 N–H and O–H groups in total. The van der Waals surface area contributed by atoms with Gasteiger partial charge in [0.15, 0.2) is 11.0 Å². The minimum atomic E-state index is -0.391. The van der Waals surface area contributed by atoms with Crippen molar-refractivity contribution in [3.63, 3.8) is 0 Å². The molecule has 0 spiro atoms. The van der Waals surface area contributed by atoms with Crippen LogP contribution < -0.4 is 10.2 Å². The van der Waals surface area contributed by atoms with Crippen LogP contribution in [0.1, 0.15) is 43.0 Å². The maximum Gasteiger partial charge on any atom is 0.253 e. The second-order valence-electron chi connectivity index (χ2n) is 9.40. The number of hydrogen-bond donors (Lipinski definition) is 1. The number of halogens is 2. The topological polar surface area (TPSA) is 83.4 Å². The van der Waals surface area contributed by atoms with Crippen molar-refractivity contribution in [1.29, 1.82) is 0 Å². The molecule has 2 amide bonds. The molecule has 0 bridgehead atoms. The first-order valence-electron chi connectivity index (χ1n) is 12.7. The first kappa shape index (κ1) is 28.3. The summed E-state index contributed by atoms with van der Waals surface area (Å²) in [5.74, 6) is 0.742. The lowest BCUT2D eigenvalue weighted by Crippen LogP contribution is -2.49. The lowest BCUT2D eigenvalue weighted by Gasteiger charge is -2.36. The van der Waals surface area contributed by atoms with E-state index in [9.17, 15) is 9.59 Å². The van der Waals surface area contributed by atoms with Crippen molar-refractivity contribution in [1.82, 2.24) is 25.0 Å². The first-order valence-corrected chi connectivity index (χ1v) is 14.4. The number of aromatic nitrogens is 3. The smallest absolute Gasteiger partial charge is 0.253 e. The highest BCUT2D eigenvalue weighted by Gasteiger charge is 2.28. The van der Waals surface area contributed by atoms with Crippen LogP contribution in [0.25, 0.3) is 0 Å². The standard InChI is InChI=1S/C27H32Cl2N6O2S/c1-4-35-25(24(18(2)3)30-26(37)21-11-10-19(28)16-22(21)29)31-32-27(35)38-17-23(36)34-14-12-33(13-15-34)20-8-6-5-7-9-20/h5-11,16,18,24H,4,12-15,17H2,1-3H3,(H,30,37)/t24-/m1/s1. The number of rotatable bonds is 9. The van der Waals surface area contributed by atoms with Crippen molar-refractivity contribution in [3.8, 4) is 0 Å². The van der Waals surface area contributed by atoms with Crippen LogP contribution in [0.15, 0.2) is 53.7 Å². The summed E-state index contributed by atoms with van der Waals surface area (Å²) in [5.41, 5.74) is 1.53. The summed E-state index contributed by atoms with van der Waals surface area (Å²) in [4.78, 5) is 30.2. The lowest BCUT2D eigenvalue weighted by molar-refractivity contribution is -0.128. The zero-order valence-electron chi connectivity index (χ0n) is 21.7. The van der Waals surface area contributed by atoms with Gasteiger partial charge in [-0.25, -0.2) is 0 Å². The lowest BCUT2D eigenvalue weighted by atomic mass is 10.0. The van der Waals surface area contributed by atoms with Crippen molar-refractivity contribution < 1.29 is 9.59 Å². The molecule has 2 heterocycles. The van der Waals surface area contributed by atoms with E-state index in [1.165, 1.54) is 17.4 Å². The number of para-hydroxylation sites is 1. The van der Waals surface area contributed by atoms with Gasteiger partial charge in [0.1, 0.15) is 0 Å². The van der Waals surface area contributed by atoms with E-state index in [2.05, 4.69) is 32.5 Å². The average Bonchev–Trinajstić information content (AvgIpc) is 3.33. The van der Waals surface area contributed by atoms with E-state index in [0.29, 0.717) is 41.2 Å². The molecule has 11 heteroatoms. The summed E-state index contributed by atoms with van der Waals surface area (Å²) in [7, 11) is 0. The van der Waals surface area contributed by atoms with Crippen LogP contribution in [0.4, 0.5) is 5.69 Å². The molecule has 1 aromatic heterocycles. The highest BCUT2D eigenvalue weighted by Crippen LogP contribution is 2.27. The number of benzene rings is 2. The maximum absolute atomic E-state index is 13.0. The molecule has 0 aliphatic carbocycles. The Morgan fingerprint density at radius 2 is 1.74 bits per heavy atom. The minimum Gasteiger partial charge on any atom is -0.368 e. The van der Waals surface area contributed by atoms with Crippen LogP contribution in [0.5, 0.6) is 0 Å². The summed E-state index contributed by atoms with van der Waals surface area (Å²) in [6.07, 6.45) is 0. The fraction of sp³-hybridized carbons (Fsp3) is 0.407. The molecule has 0 radical (unpaired) electrons. The molecule has 202 valence electrons. The van der Waals surface area contributed by atoms with E-state index >= 15 is 0 Å². The first-order chi connectivity index (χ1) is 18.3. The predicted molar refractivity (Wildman–Crippen MR) is 153 cm³/mol.